The molecule has 0 saturated heterocycles. The summed E-state index contributed by atoms with van der Waals surface area (Å²) < 4.78 is 42.2. The molecule has 8 heteroatoms. The molecule has 0 unspecified atom stereocenters. The quantitative estimate of drug-likeness (QED) is 0.848. The molecule has 0 radical (unpaired) electrons. The molecular formula is C9H9F3N2O3. The molecule has 2 rings (SSSR count). The highest BCUT2D eigenvalue weighted by molar-refractivity contribution is 5.85. The van der Waals surface area contributed by atoms with Gasteiger partial charge in [0.25, 0.3) is 0 Å². The van der Waals surface area contributed by atoms with E-state index in [0.717, 1.165) is 6.07 Å². The Bertz CT molecular complexity index is 437. The van der Waals surface area contributed by atoms with Crippen LogP contribution in [0.1, 0.15) is 29.1 Å². The third kappa shape index (κ3) is 2.26. The molecule has 2 N–H and O–H groups in total. The normalized spacial score (nSPS) is 18.1. The van der Waals surface area contributed by atoms with Gasteiger partial charge < -0.3 is 9.63 Å². The van der Waals surface area contributed by atoms with Gasteiger partial charge in [-0.2, -0.15) is 13.2 Å². The Morgan fingerprint density at radius 1 is 1.59 bits per heavy atom. The maximum absolute atomic E-state index is 12.5. The summed E-state index contributed by atoms with van der Waals surface area (Å²) in [6.45, 7) is -0.195. The van der Waals surface area contributed by atoms with E-state index in [2.05, 4.69) is 15.0 Å². The summed E-state index contributed by atoms with van der Waals surface area (Å²) in [5, 5.41) is 14.1. The molecule has 0 aromatic carbocycles. The number of alkyl halides is 3. The predicted octanol–water partition coefficient (Wildman–Crippen LogP) is 1.56. The van der Waals surface area contributed by atoms with E-state index in [-0.39, 0.29) is 30.8 Å². The standard InChI is InChI=1S/C9H9F3N2O3/c10-9(11,12)8(1-2-8)13-4-5-3-6(7(15)16)14-17-5/h3,13H,1-2,4H2,(H,15,16). The zero-order valence-corrected chi connectivity index (χ0v) is 8.54. The molecule has 1 heterocycles. The largest absolute Gasteiger partial charge is 0.476 e. The average molecular weight is 250 g/mol. The monoisotopic (exact) mass is 250 g/mol. The van der Waals surface area contributed by atoms with Crippen molar-refractivity contribution in [2.45, 2.75) is 31.1 Å². The maximum Gasteiger partial charge on any atom is 0.406 e. The van der Waals surface area contributed by atoms with Crippen LogP contribution < -0.4 is 5.32 Å². The van der Waals surface area contributed by atoms with E-state index in [1.807, 2.05) is 0 Å². The first-order valence-electron chi connectivity index (χ1n) is 4.85. The van der Waals surface area contributed by atoms with Gasteiger partial charge in [-0.1, -0.05) is 5.16 Å². The van der Waals surface area contributed by atoms with Gasteiger partial charge in [0.1, 0.15) is 5.54 Å². The van der Waals surface area contributed by atoms with Gasteiger partial charge in [0, 0.05) is 6.07 Å². The van der Waals surface area contributed by atoms with E-state index in [4.69, 9.17) is 5.11 Å². The van der Waals surface area contributed by atoms with E-state index in [1.165, 1.54) is 0 Å². The lowest BCUT2D eigenvalue weighted by atomic mass is 10.2. The molecule has 1 fully saturated rings. The summed E-state index contributed by atoms with van der Waals surface area (Å²) in [5.41, 5.74) is -2.16. The highest BCUT2D eigenvalue weighted by Gasteiger charge is 2.63. The van der Waals surface area contributed by atoms with Crippen LogP contribution in [0.5, 0.6) is 0 Å². The van der Waals surface area contributed by atoms with Crippen molar-refractivity contribution in [3.05, 3.63) is 17.5 Å². The van der Waals surface area contributed by atoms with Crippen LogP contribution >= 0.6 is 0 Å². The zero-order valence-electron chi connectivity index (χ0n) is 8.54. The number of nitrogens with zero attached hydrogens (tertiary/aromatic N) is 1. The first-order valence-corrected chi connectivity index (χ1v) is 4.85. The number of halogens is 3. The number of hydrogen-bond donors (Lipinski definition) is 2. The molecular weight excluding hydrogens is 241 g/mol. The summed E-state index contributed by atoms with van der Waals surface area (Å²) >= 11 is 0. The Morgan fingerprint density at radius 3 is 2.65 bits per heavy atom. The minimum atomic E-state index is -4.30. The van der Waals surface area contributed by atoms with Crippen molar-refractivity contribution in [1.29, 1.82) is 0 Å². The highest BCUT2D eigenvalue weighted by Crippen LogP contribution is 2.49. The molecule has 0 amide bonds. The minimum absolute atomic E-state index is 0.0242. The van der Waals surface area contributed by atoms with E-state index in [1.54, 1.807) is 0 Å². The van der Waals surface area contributed by atoms with Gasteiger partial charge in [0.2, 0.25) is 0 Å². The second kappa shape index (κ2) is 3.73. The van der Waals surface area contributed by atoms with Crippen LogP contribution in [-0.2, 0) is 6.54 Å². The lowest BCUT2D eigenvalue weighted by Crippen LogP contribution is -2.44. The molecule has 1 aromatic heterocycles. The van der Waals surface area contributed by atoms with Gasteiger partial charge in [-0.05, 0) is 12.8 Å². The molecule has 94 valence electrons. The molecule has 1 aliphatic rings. The number of carboxylic acids is 1. The summed E-state index contributed by atoms with van der Waals surface area (Å²) in [5.74, 6) is -1.21. The average Bonchev–Trinajstić information content (AvgIpc) is 2.86. The van der Waals surface area contributed by atoms with E-state index < -0.39 is 17.7 Å². The van der Waals surface area contributed by atoms with Crippen molar-refractivity contribution in [1.82, 2.24) is 10.5 Å². The predicted molar refractivity (Wildman–Crippen MR) is 48.3 cm³/mol. The third-order valence-electron chi connectivity index (χ3n) is 2.67. The Labute approximate surface area is 93.6 Å². The second-order valence-corrected chi connectivity index (χ2v) is 3.92. The van der Waals surface area contributed by atoms with Crippen LogP contribution in [0.25, 0.3) is 0 Å². The van der Waals surface area contributed by atoms with Gasteiger partial charge in [-0.3, -0.25) is 5.32 Å². The molecule has 5 nitrogen and oxygen atoms in total. The van der Waals surface area contributed by atoms with Crippen molar-refractivity contribution in [3.63, 3.8) is 0 Å². The van der Waals surface area contributed by atoms with Crippen LogP contribution in [0.3, 0.4) is 0 Å². The van der Waals surface area contributed by atoms with Crippen LogP contribution in [0, 0.1) is 0 Å². The van der Waals surface area contributed by atoms with Gasteiger partial charge in [0.15, 0.2) is 11.5 Å². The first-order chi connectivity index (χ1) is 7.84. The number of hydrogen-bond acceptors (Lipinski definition) is 4. The topological polar surface area (TPSA) is 75.4 Å². The number of carboxylic acid groups (broad SMARTS) is 1. The number of carbonyl (C=O) groups is 1. The van der Waals surface area contributed by atoms with Gasteiger partial charge in [-0.15, -0.1) is 0 Å². The first kappa shape index (κ1) is 11.9. The molecule has 1 saturated carbocycles. The van der Waals surface area contributed by atoms with Crippen molar-refractivity contribution < 1.29 is 27.6 Å². The number of aromatic nitrogens is 1. The lowest BCUT2D eigenvalue weighted by molar-refractivity contribution is -0.166. The van der Waals surface area contributed by atoms with Crippen molar-refractivity contribution in [2.75, 3.05) is 0 Å². The summed E-state index contributed by atoms with van der Waals surface area (Å²) in [6.07, 6.45) is -4.25. The van der Waals surface area contributed by atoms with E-state index >= 15 is 0 Å². The Balaban J connectivity index is 1.96. The van der Waals surface area contributed by atoms with Crippen LogP contribution in [0.2, 0.25) is 0 Å². The fourth-order valence-corrected chi connectivity index (χ4v) is 1.44. The fourth-order valence-electron chi connectivity index (χ4n) is 1.44. The lowest BCUT2D eigenvalue weighted by Gasteiger charge is -2.19. The molecule has 0 aliphatic heterocycles. The summed E-state index contributed by atoms with van der Waals surface area (Å²) in [7, 11) is 0. The van der Waals surface area contributed by atoms with Gasteiger partial charge in [-0.25, -0.2) is 4.79 Å². The molecule has 0 spiro atoms. The molecule has 0 bridgehead atoms. The zero-order chi connectivity index (χ0) is 12.7. The molecule has 17 heavy (non-hydrogen) atoms. The maximum atomic E-state index is 12.5. The van der Waals surface area contributed by atoms with E-state index in [0.29, 0.717) is 0 Å². The summed E-state index contributed by atoms with van der Waals surface area (Å²) in [6, 6.07) is 1.10. The molecule has 0 atom stereocenters. The molecule has 1 aromatic rings. The van der Waals surface area contributed by atoms with Crippen molar-refractivity contribution in [3.8, 4) is 0 Å². The number of nitrogens with one attached hydrogen (secondary N) is 1. The van der Waals surface area contributed by atoms with Crippen LogP contribution in [0.15, 0.2) is 10.6 Å². The minimum Gasteiger partial charge on any atom is -0.476 e. The summed E-state index contributed by atoms with van der Waals surface area (Å²) in [4.78, 5) is 10.5. The molecule has 1 aliphatic carbocycles. The van der Waals surface area contributed by atoms with Gasteiger partial charge in [0.05, 0.1) is 6.54 Å². The fraction of sp³-hybridized carbons (Fsp3) is 0.556. The van der Waals surface area contributed by atoms with Crippen LogP contribution in [-0.4, -0.2) is 27.9 Å². The Kier molecular flexibility index (Phi) is 2.61. The smallest absolute Gasteiger partial charge is 0.406 e. The Hall–Kier alpha value is -1.57. The van der Waals surface area contributed by atoms with Gasteiger partial charge >= 0.3 is 12.1 Å². The SMILES string of the molecule is O=C(O)c1cc(CNC2(C(F)(F)F)CC2)on1. The number of aromatic carboxylic acids is 1. The van der Waals surface area contributed by atoms with Crippen LogP contribution in [0.4, 0.5) is 13.2 Å². The Morgan fingerprint density at radius 2 is 2.24 bits per heavy atom. The second-order valence-electron chi connectivity index (χ2n) is 3.92. The van der Waals surface area contributed by atoms with Crippen molar-refractivity contribution >= 4 is 5.97 Å². The highest BCUT2D eigenvalue weighted by atomic mass is 19.4. The third-order valence-corrected chi connectivity index (χ3v) is 2.67. The number of rotatable bonds is 4. The van der Waals surface area contributed by atoms with Crippen molar-refractivity contribution in [2.24, 2.45) is 0 Å². The van der Waals surface area contributed by atoms with E-state index in [9.17, 15) is 18.0 Å².